The quantitative estimate of drug-likeness (QED) is 0.569. The first-order chi connectivity index (χ1) is 16.6. The molecule has 2 amide bonds. The van der Waals surface area contributed by atoms with Gasteiger partial charge in [0, 0.05) is 6.04 Å². The first kappa shape index (κ1) is 24.2. The molecule has 0 saturated heterocycles. The number of rotatable bonds is 8. The molecule has 1 saturated carbocycles. The lowest BCUT2D eigenvalue weighted by Crippen LogP contribution is -2.51. The van der Waals surface area contributed by atoms with Crippen molar-refractivity contribution in [1.82, 2.24) is 10.2 Å². The SMILES string of the molecule is COc1cccc([C@@H](C(=O)NC2CCCCC2)N(C[C@@H]2COc3ccccc3O2)C(=O)CCl)c1. The minimum atomic E-state index is -0.871. The second kappa shape index (κ2) is 11.5. The van der Waals surface area contributed by atoms with Crippen molar-refractivity contribution in [3.8, 4) is 17.2 Å². The van der Waals surface area contributed by atoms with Gasteiger partial charge >= 0.3 is 0 Å². The lowest BCUT2D eigenvalue weighted by Gasteiger charge is -2.36. The molecule has 1 N–H and O–H groups in total. The number of methoxy groups -OCH3 is 1. The summed E-state index contributed by atoms with van der Waals surface area (Å²) in [6.07, 6.45) is 4.80. The lowest BCUT2D eigenvalue weighted by atomic mass is 9.94. The van der Waals surface area contributed by atoms with Crippen LogP contribution in [0, 0.1) is 0 Å². The van der Waals surface area contributed by atoms with E-state index in [9.17, 15) is 9.59 Å². The Hall–Kier alpha value is -2.93. The molecule has 2 atom stereocenters. The van der Waals surface area contributed by atoms with E-state index in [0.717, 1.165) is 25.7 Å². The molecular formula is C26H31ClN2O5. The molecular weight excluding hydrogens is 456 g/mol. The molecule has 0 unspecified atom stereocenters. The third kappa shape index (κ3) is 5.76. The van der Waals surface area contributed by atoms with E-state index in [2.05, 4.69) is 5.32 Å². The van der Waals surface area contributed by atoms with Gasteiger partial charge in [0.25, 0.3) is 0 Å². The van der Waals surface area contributed by atoms with Crippen molar-refractivity contribution in [3.05, 3.63) is 54.1 Å². The molecule has 0 aromatic heterocycles. The van der Waals surface area contributed by atoms with Crippen LogP contribution in [0.2, 0.25) is 0 Å². The molecule has 1 aliphatic carbocycles. The number of para-hydroxylation sites is 2. The van der Waals surface area contributed by atoms with E-state index in [1.165, 1.54) is 11.3 Å². The summed E-state index contributed by atoms with van der Waals surface area (Å²) in [6, 6.07) is 13.9. The van der Waals surface area contributed by atoms with Crippen molar-refractivity contribution in [1.29, 1.82) is 0 Å². The Bertz CT molecular complexity index is 995. The van der Waals surface area contributed by atoms with Crippen molar-refractivity contribution >= 4 is 23.4 Å². The number of nitrogens with one attached hydrogen (secondary N) is 1. The van der Waals surface area contributed by atoms with Gasteiger partial charge in [-0.15, -0.1) is 11.6 Å². The molecule has 1 aliphatic heterocycles. The number of fused-ring (bicyclic) bond motifs is 1. The zero-order valence-electron chi connectivity index (χ0n) is 19.4. The van der Waals surface area contributed by atoms with Crippen LogP contribution in [0.3, 0.4) is 0 Å². The smallest absolute Gasteiger partial charge is 0.247 e. The van der Waals surface area contributed by atoms with Crippen LogP contribution < -0.4 is 19.5 Å². The normalized spacial score (nSPS) is 18.6. The summed E-state index contributed by atoms with van der Waals surface area (Å²) < 4.78 is 17.3. The van der Waals surface area contributed by atoms with Crippen molar-refractivity contribution in [2.45, 2.75) is 50.3 Å². The van der Waals surface area contributed by atoms with Gasteiger partial charge in [-0.2, -0.15) is 0 Å². The second-order valence-electron chi connectivity index (χ2n) is 8.70. The van der Waals surface area contributed by atoms with Gasteiger partial charge in [-0.25, -0.2) is 0 Å². The number of amides is 2. The summed E-state index contributed by atoms with van der Waals surface area (Å²) in [4.78, 5) is 28.2. The highest BCUT2D eigenvalue weighted by Gasteiger charge is 2.35. The monoisotopic (exact) mass is 486 g/mol. The molecule has 1 heterocycles. The lowest BCUT2D eigenvalue weighted by molar-refractivity contribution is -0.141. The van der Waals surface area contributed by atoms with Crippen LogP contribution in [0.15, 0.2) is 48.5 Å². The van der Waals surface area contributed by atoms with Gasteiger partial charge in [-0.05, 0) is 42.7 Å². The van der Waals surface area contributed by atoms with E-state index in [0.29, 0.717) is 22.8 Å². The highest BCUT2D eigenvalue weighted by atomic mass is 35.5. The number of benzene rings is 2. The van der Waals surface area contributed by atoms with Gasteiger partial charge < -0.3 is 24.4 Å². The van der Waals surface area contributed by atoms with Crippen LogP contribution in [0.25, 0.3) is 0 Å². The first-order valence-electron chi connectivity index (χ1n) is 11.8. The summed E-state index contributed by atoms with van der Waals surface area (Å²) in [5, 5.41) is 3.18. The van der Waals surface area contributed by atoms with E-state index in [1.807, 2.05) is 42.5 Å². The van der Waals surface area contributed by atoms with Crippen LogP contribution in [0.4, 0.5) is 0 Å². The third-order valence-electron chi connectivity index (χ3n) is 6.32. The number of nitrogens with zero attached hydrogens (tertiary/aromatic N) is 1. The van der Waals surface area contributed by atoms with Gasteiger partial charge in [0.2, 0.25) is 11.8 Å². The third-order valence-corrected chi connectivity index (χ3v) is 6.55. The van der Waals surface area contributed by atoms with Gasteiger partial charge in [0.15, 0.2) is 17.6 Å². The largest absolute Gasteiger partial charge is 0.497 e. The Morgan fingerprint density at radius 2 is 1.88 bits per heavy atom. The van der Waals surface area contributed by atoms with E-state index < -0.39 is 12.1 Å². The number of alkyl halides is 1. The van der Waals surface area contributed by atoms with Crippen molar-refractivity contribution in [2.24, 2.45) is 0 Å². The molecule has 7 nitrogen and oxygen atoms in total. The molecule has 0 bridgehead atoms. The number of carbonyl (C=O) groups excluding carboxylic acids is 2. The Morgan fingerprint density at radius 3 is 2.62 bits per heavy atom. The van der Waals surface area contributed by atoms with Crippen LogP contribution in [0.1, 0.15) is 43.7 Å². The zero-order chi connectivity index (χ0) is 23.9. The Kier molecular flexibility index (Phi) is 8.16. The summed E-state index contributed by atoms with van der Waals surface area (Å²) in [7, 11) is 1.57. The average Bonchev–Trinajstić information content (AvgIpc) is 2.88. The van der Waals surface area contributed by atoms with Gasteiger partial charge in [0.1, 0.15) is 24.3 Å². The van der Waals surface area contributed by atoms with Gasteiger partial charge in [-0.1, -0.05) is 43.5 Å². The maximum atomic E-state index is 13.7. The van der Waals surface area contributed by atoms with Crippen LogP contribution in [-0.4, -0.2) is 55.0 Å². The Balaban J connectivity index is 1.62. The topological polar surface area (TPSA) is 77.1 Å². The number of halogens is 1. The predicted molar refractivity (Wildman–Crippen MR) is 130 cm³/mol. The molecule has 0 radical (unpaired) electrons. The Labute approximate surface area is 205 Å². The number of hydrogen-bond acceptors (Lipinski definition) is 5. The van der Waals surface area contributed by atoms with E-state index in [1.54, 1.807) is 13.2 Å². The van der Waals surface area contributed by atoms with Crippen LogP contribution in [-0.2, 0) is 9.59 Å². The first-order valence-corrected chi connectivity index (χ1v) is 12.3. The highest BCUT2D eigenvalue weighted by molar-refractivity contribution is 6.27. The number of hydrogen-bond donors (Lipinski definition) is 1. The van der Waals surface area contributed by atoms with Crippen LogP contribution in [0.5, 0.6) is 17.2 Å². The standard InChI is InChI=1S/C26H31ClN2O5/c1-32-20-11-7-8-18(14-20)25(26(31)28-19-9-3-2-4-10-19)29(24(30)15-27)16-21-17-33-22-12-5-6-13-23(22)34-21/h5-8,11-14,19,21,25H,2-4,9-10,15-17H2,1H3,(H,28,31)/t21-,25+/m1/s1. The molecule has 2 aromatic rings. The van der Waals surface area contributed by atoms with Crippen molar-refractivity contribution in [3.63, 3.8) is 0 Å². The maximum Gasteiger partial charge on any atom is 0.247 e. The fourth-order valence-electron chi connectivity index (χ4n) is 4.61. The number of carbonyl (C=O) groups is 2. The maximum absolute atomic E-state index is 13.7. The minimum absolute atomic E-state index is 0.100. The fraction of sp³-hybridized carbons (Fsp3) is 0.462. The zero-order valence-corrected chi connectivity index (χ0v) is 20.1. The average molecular weight is 487 g/mol. The summed E-state index contributed by atoms with van der Waals surface area (Å²) >= 11 is 6.01. The van der Waals surface area contributed by atoms with Crippen molar-refractivity contribution < 1.29 is 23.8 Å². The molecule has 1 fully saturated rings. The second-order valence-corrected chi connectivity index (χ2v) is 8.97. The predicted octanol–water partition coefficient (Wildman–Crippen LogP) is 4.09. The summed E-state index contributed by atoms with van der Waals surface area (Å²) in [5.74, 6) is 1.06. The summed E-state index contributed by atoms with van der Waals surface area (Å²) in [6.45, 7) is 0.415. The van der Waals surface area contributed by atoms with Crippen LogP contribution >= 0.6 is 11.6 Å². The fourth-order valence-corrected chi connectivity index (χ4v) is 4.77. The molecule has 34 heavy (non-hydrogen) atoms. The molecule has 2 aliphatic rings. The molecule has 4 rings (SSSR count). The number of ether oxygens (including phenoxy) is 3. The molecule has 0 spiro atoms. The van der Waals surface area contributed by atoms with Crippen molar-refractivity contribution in [2.75, 3.05) is 26.1 Å². The Morgan fingerprint density at radius 1 is 1.12 bits per heavy atom. The molecule has 182 valence electrons. The van der Waals surface area contributed by atoms with Gasteiger partial charge in [-0.3, -0.25) is 9.59 Å². The molecule has 8 heteroatoms. The van der Waals surface area contributed by atoms with E-state index >= 15 is 0 Å². The van der Waals surface area contributed by atoms with Gasteiger partial charge in [0.05, 0.1) is 13.7 Å². The summed E-state index contributed by atoms with van der Waals surface area (Å²) in [5.41, 5.74) is 0.656. The molecule has 2 aromatic carbocycles. The van der Waals surface area contributed by atoms with E-state index in [4.69, 9.17) is 25.8 Å². The minimum Gasteiger partial charge on any atom is -0.497 e. The van der Waals surface area contributed by atoms with E-state index in [-0.39, 0.29) is 36.9 Å². The highest BCUT2D eigenvalue weighted by Crippen LogP contribution is 2.33.